The summed E-state index contributed by atoms with van der Waals surface area (Å²) < 4.78 is 0. The summed E-state index contributed by atoms with van der Waals surface area (Å²) in [6, 6.07) is 4.19. The number of hydrogen-bond acceptors (Lipinski definition) is 3. The fourth-order valence-electron chi connectivity index (χ4n) is 1.93. The highest BCUT2D eigenvalue weighted by atomic mass is 32.1. The van der Waals surface area contributed by atoms with Crippen LogP contribution in [0.2, 0.25) is 0 Å². The highest BCUT2D eigenvalue weighted by Gasteiger charge is 2.08. The van der Waals surface area contributed by atoms with Crippen LogP contribution in [0.25, 0.3) is 0 Å². The van der Waals surface area contributed by atoms with Crippen LogP contribution in [0.1, 0.15) is 17.7 Å². The number of allylic oxidation sites excluding steroid dienone is 1. The smallest absolute Gasteiger partial charge is 0.243 e. The minimum atomic E-state index is 0.00190. The molecule has 1 amide bonds. The Balaban J connectivity index is 2.56. The molecule has 128 valence electrons. The summed E-state index contributed by atoms with van der Waals surface area (Å²) in [5.74, 6) is 0.780. The Morgan fingerprint density at radius 3 is 2.83 bits per heavy atom. The van der Waals surface area contributed by atoms with Crippen molar-refractivity contribution in [2.24, 2.45) is 4.99 Å². The van der Waals surface area contributed by atoms with Gasteiger partial charge in [-0.05, 0) is 30.7 Å². The summed E-state index contributed by atoms with van der Waals surface area (Å²) in [5.41, 5.74) is 0. The van der Waals surface area contributed by atoms with Crippen LogP contribution >= 0.6 is 11.3 Å². The van der Waals surface area contributed by atoms with Crippen molar-refractivity contribution < 1.29 is 4.79 Å². The Labute approximate surface area is 143 Å². The molecule has 0 saturated heterocycles. The van der Waals surface area contributed by atoms with Gasteiger partial charge in [0.15, 0.2) is 5.96 Å². The van der Waals surface area contributed by atoms with E-state index in [0.29, 0.717) is 0 Å². The van der Waals surface area contributed by atoms with Gasteiger partial charge in [-0.1, -0.05) is 12.1 Å². The monoisotopic (exact) mass is 336 g/mol. The predicted octanol–water partition coefficient (Wildman–Crippen LogP) is 2.22. The van der Waals surface area contributed by atoms with Gasteiger partial charge in [0.05, 0.1) is 0 Å². The molecule has 1 rings (SSSR count). The Morgan fingerprint density at radius 2 is 2.22 bits per heavy atom. The summed E-state index contributed by atoms with van der Waals surface area (Å²) in [6.07, 6.45) is 4.87. The van der Waals surface area contributed by atoms with E-state index < -0.39 is 0 Å². The number of hydrogen-bond donors (Lipinski definition) is 1. The van der Waals surface area contributed by atoms with E-state index in [4.69, 9.17) is 0 Å². The molecule has 0 aliphatic heterocycles. The van der Waals surface area contributed by atoms with Crippen LogP contribution in [-0.2, 0) is 11.2 Å². The SMILES string of the molecule is C=CCCCN(C)C(=NCC(=O)N(C)C)NCCc1cccs1. The molecule has 1 aromatic rings. The van der Waals surface area contributed by atoms with E-state index in [2.05, 4.69) is 39.3 Å². The van der Waals surface area contributed by atoms with Crippen molar-refractivity contribution in [1.29, 1.82) is 0 Å². The molecule has 1 aromatic heterocycles. The standard InChI is InChI=1S/C17H28N4OS/c1-5-6-7-12-21(4)17(19-14-16(22)20(2)3)18-11-10-15-9-8-13-23-15/h5,8-9,13H,1,6-7,10-12,14H2,2-4H3,(H,18,19). The number of aliphatic imine (C=N–C) groups is 1. The van der Waals surface area contributed by atoms with Gasteiger partial charge < -0.3 is 15.1 Å². The van der Waals surface area contributed by atoms with Gasteiger partial charge in [-0.15, -0.1) is 17.9 Å². The molecule has 5 nitrogen and oxygen atoms in total. The summed E-state index contributed by atoms with van der Waals surface area (Å²) in [5, 5.41) is 5.45. The minimum absolute atomic E-state index is 0.00190. The second kappa shape index (κ2) is 10.8. The Bertz CT molecular complexity index is 497. The van der Waals surface area contributed by atoms with Crippen LogP contribution < -0.4 is 5.32 Å². The summed E-state index contributed by atoms with van der Waals surface area (Å²) in [7, 11) is 5.49. The quantitative estimate of drug-likeness (QED) is 0.326. The number of likely N-dealkylation sites (N-methyl/N-ethyl adjacent to an activating group) is 1. The van der Waals surface area contributed by atoms with Crippen LogP contribution in [-0.4, -0.2) is 62.4 Å². The van der Waals surface area contributed by atoms with Crippen molar-refractivity contribution in [3.63, 3.8) is 0 Å². The topological polar surface area (TPSA) is 47.9 Å². The number of amides is 1. The molecule has 1 heterocycles. The minimum Gasteiger partial charge on any atom is -0.356 e. The zero-order chi connectivity index (χ0) is 17.1. The summed E-state index contributed by atoms with van der Waals surface area (Å²) in [4.78, 5) is 21.2. The third-order valence-corrected chi connectivity index (χ3v) is 4.30. The lowest BCUT2D eigenvalue weighted by atomic mass is 10.3. The number of rotatable bonds is 9. The Kier molecular flexibility index (Phi) is 9.05. The Morgan fingerprint density at radius 1 is 1.43 bits per heavy atom. The maximum atomic E-state index is 11.8. The predicted molar refractivity (Wildman–Crippen MR) is 99.1 cm³/mol. The number of nitrogens with zero attached hydrogens (tertiary/aromatic N) is 3. The molecule has 23 heavy (non-hydrogen) atoms. The van der Waals surface area contributed by atoms with Gasteiger partial charge in [-0.3, -0.25) is 4.79 Å². The molecular formula is C17H28N4OS. The Hall–Kier alpha value is -1.82. The zero-order valence-electron chi connectivity index (χ0n) is 14.4. The highest BCUT2D eigenvalue weighted by Crippen LogP contribution is 2.08. The first kappa shape index (κ1) is 19.2. The molecule has 0 aromatic carbocycles. The first-order valence-electron chi connectivity index (χ1n) is 7.87. The van der Waals surface area contributed by atoms with Crippen LogP contribution in [0.3, 0.4) is 0 Å². The second-order valence-corrected chi connectivity index (χ2v) is 6.57. The van der Waals surface area contributed by atoms with Crippen molar-refractivity contribution >= 4 is 23.2 Å². The molecule has 6 heteroatoms. The van der Waals surface area contributed by atoms with Crippen molar-refractivity contribution in [2.75, 3.05) is 40.8 Å². The summed E-state index contributed by atoms with van der Waals surface area (Å²) in [6.45, 7) is 5.60. The average molecular weight is 337 g/mol. The van der Waals surface area contributed by atoms with Crippen LogP contribution in [0.4, 0.5) is 0 Å². The molecule has 0 bridgehead atoms. The third-order valence-electron chi connectivity index (χ3n) is 3.36. The highest BCUT2D eigenvalue weighted by molar-refractivity contribution is 7.09. The maximum absolute atomic E-state index is 11.8. The third kappa shape index (κ3) is 7.83. The van der Waals surface area contributed by atoms with Crippen molar-refractivity contribution in [1.82, 2.24) is 15.1 Å². The van der Waals surface area contributed by atoms with Crippen molar-refractivity contribution in [2.45, 2.75) is 19.3 Å². The van der Waals surface area contributed by atoms with E-state index >= 15 is 0 Å². The number of thiophene rings is 1. The van der Waals surface area contributed by atoms with Crippen LogP contribution in [0.15, 0.2) is 35.2 Å². The van der Waals surface area contributed by atoms with Crippen LogP contribution in [0, 0.1) is 0 Å². The van der Waals surface area contributed by atoms with E-state index in [1.165, 1.54) is 4.88 Å². The average Bonchev–Trinajstić information content (AvgIpc) is 3.03. The summed E-state index contributed by atoms with van der Waals surface area (Å²) >= 11 is 1.76. The molecule has 0 aliphatic rings. The number of carbonyl (C=O) groups is 1. The number of nitrogens with one attached hydrogen (secondary N) is 1. The van der Waals surface area contributed by atoms with Gasteiger partial charge in [0, 0.05) is 39.1 Å². The molecular weight excluding hydrogens is 308 g/mol. The van der Waals surface area contributed by atoms with E-state index in [1.54, 1.807) is 30.3 Å². The lowest BCUT2D eigenvalue weighted by Crippen LogP contribution is -2.41. The van der Waals surface area contributed by atoms with E-state index in [9.17, 15) is 4.79 Å². The second-order valence-electron chi connectivity index (χ2n) is 5.54. The molecule has 0 spiro atoms. The molecule has 0 saturated carbocycles. The van der Waals surface area contributed by atoms with Gasteiger partial charge in [0.2, 0.25) is 5.91 Å². The number of guanidine groups is 1. The van der Waals surface area contributed by atoms with E-state index in [1.807, 2.05) is 13.1 Å². The molecule has 1 N–H and O–H groups in total. The molecule has 0 radical (unpaired) electrons. The fraction of sp³-hybridized carbons (Fsp3) is 0.529. The zero-order valence-corrected chi connectivity index (χ0v) is 15.2. The fourth-order valence-corrected chi connectivity index (χ4v) is 2.64. The first-order valence-corrected chi connectivity index (χ1v) is 8.75. The normalized spacial score (nSPS) is 11.2. The first-order chi connectivity index (χ1) is 11.0. The van der Waals surface area contributed by atoms with Crippen molar-refractivity contribution in [3.8, 4) is 0 Å². The molecule has 0 aliphatic carbocycles. The number of unbranched alkanes of at least 4 members (excludes halogenated alkanes) is 1. The van der Waals surface area contributed by atoms with Crippen LogP contribution in [0.5, 0.6) is 0 Å². The van der Waals surface area contributed by atoms with Crippen molar-refractivity contribution in [3.05, 3.63) is 35.0 Å². The lowest BCUT2D eigenvalue weighted by molar-refractivity contribution is -0.127. The lowest BCUT2D eigenvalue weighted by Gasteiger charge is -2.22. The number of carbonyl (C=O) groups excluding carboxylic acids is 1. The van der Waals surface area contributed by atoms with Gasteiger partial charge in [0.25, 0.3) is 0 Å². The van der Waals surface area contributed by atoms with E-state index in [-0.39, 0.29) is 12.5 Å². The largest absolute Gasteiger partial charge is 0.356 e. The van der Waals surface area contributed by atoms with E-state index in [0.717, 1.165) is 38.3 Å². The maximum Gasteiger partial charge on any atom is 0.243 e. The molecule has 0 atom stereocenters. The van der Waals surface area contributed by atoms with Gasteiger partial charge in [-0.25, -0.2) is 4.99 Å². The van der Waals surface area contributed by atoms with Gasteiger partial charge >= 0.3 is 0 Å². The van der Waals surface area contributed by atoms with Gasteiger partial charge in [0.1, 0.15) is 6.54 Å². The molecule has 0 unspecified atom stereocenters. The molecule has 0 fully saturated rings. The van der Waals surface area contributed by atoms with Gasteiger partial charge in [-0.2, -0.15) is 0 Å².